The molecule has 0 aromatic heterocycles. The largest absolute Gasteiger partial charge is 0.481 e. The molecule has 21 heavy (non-hydrogen) atoms. The van der Waals surface area contributed by atoms with E-state index in [1.165, 1.54) is 0 Å². The normalized spacial score (nSPS) is 16.5. The number of piperazine rings is 1. The quantitative estimate of drug-likeness (QED) is 0.846. The molecule has 114 valence electrons. The minimum Gasteiger partial charge on any atom is -0.481 e. The number of nitrogens with zero attached hydrogens (tertiary/aromatic N) is 2. The molecule has 5 nitrogen and oxygen atoms in total. The summed E-state index contributed by atoms with van der Waals surface area (Å²) in [4.78, 5) is 27.1. The smallest absolute Gasteiger partial charge is 0.263 e. The highest BCUT2D eigenvalue weighted by Gasteiger charge is 2.26. The van der Waals surface area contributed by atoms with Crippen LogP contribution in [0.25, 0.3) is 0 Å². The van der Waals surface area contributed by atoms with Gasteiger partial charge in [0.25, 0.3) is 5.91 Å². The highest BCUT2D eigenvalue weighted by molar-refractivity contribution is 5.81. The molecule has 1 fully saturated rings. The van der Waals surface area contributed by atoms with Crippen LogP contribution in [0, 0.1) is 6.92 Å². The number of amides is 2. The van der Waals surface area contributed by atoms with E-state index in [0.29, 0.717) is 31.9 Å². The van der Waals surface area contributed by atoms with Crippen LogP contribution in [0.1, 0.15) is 19.4 Å². The number of benzene rings is 1. The van der Waals surface area contributed by atoms with E-state index in [-0.39, 0.29) is 11.8 Å². The van der Waals surface area contributed by atoms with Crippen molar-refractivity contribution >= 4 is 11.8 Å². The lowest BCUT2D eigenvalue weighted by Gasteiger charge is -2.35. The van der Waals surface area contributed by atoms with Crippen LogP contribution in [-0.2, 0) is 9.59 Å². The van der Waals surface area contributed by atoms with Crippen LogP contribution in [-0.4, -0.2) is 53.9 Å². The van der Waals surface area contributed by atoms with Gasteiger partial charge >= 0.3 is 0 Å². The summed E-state index contributed by atoms with van der Waals surface area (Å²) in [5, 5.41) is 0. The van der Waals surface area contributed by atoms with Crippen LogP contribution >= 0.6 is 0 Å². The van der Waals surface area contributed by atoms with E-state index in [9.17, 15) is 9.59 Å². The first-order chi connectivity index (χ1) is 9.97. The van der Waals surface area contributed by atoms with Crippen molar-refractivity contribution in [1.82, 2.24) is 9.80 Å². The fraction of sp³-hybridized carbons (Fsp3) is 0.500. The summed E-state index contributed by atoms with van der Waals surface area (Å²) in [6, 6.07) is 7.65. The van der Waals surface area contributed by atoms with E-state index in [2.05, 4.69) is 0 Å². The van der Waals surface area contributed by atoms with Crippen molar-refractivity contribution in [3.05, 3.63) is 29.8 Å². The van der Waals surface area contributed by atoms with Gasteiger partial charge in [-0.15, -0.1) is 0 Å². The van der Waals surface area contributed by atoms with Gasteiger partial charge < -0.3 is 14.5 Å². The third kappa shape index (κ3) is 3.97. The summed E-state index contributed by atoms with van der Waals surface area (Å²) >= 11 is 0. The summed E-state index contributed by atoms with van der Waals surface area (Å²) in [7, 11) is 0. The van der Waals surface area contributed by atoms with E-state index < -0.39 is 6.10 Å². The van der Waals surface area contributed by atoms with Crippen molar-refractivity contribution in [3.63, 3.8) is 0 Å². The van der Waals surface area contributed by atoms with Gasteiger partial charge in [0.05, 0.1) is 0 Å². The van der Waals surface area contributed by atoms with Crippen molar-refractivity contribution in [1.29, 1.82) is 0 Å². The first-order valence-electron chi connectivity index (χ1n) is 7.25. The highest BCUT2D eigenvalue weighted by atomic mass is 16.5. The van der Waals surface area contributed by atoms with Gasteiger partial charge in [-0.2, -0.15) is 0 Å². The Kier molecular flexibility index (Phi) is 4.83. The minimum atomic E-state index is -0.517. The number of rotatable bonds is 3. The van der Waals surface area contributed by atoms with Gasteiger partial charge in [-0.1, -0.05) is 17.7 Å². The van der Waals surface area contributed by atoms with Crippen molar-refractivity contribution in [2.24, 2.45) is 0 Å². The third-order valence-electron chi connectivity index (χ3n) is 3.72. The topological polar surface area (TPSA) is 49.9 Å². The monoisotopic (exact) mass is 290 g/mol. The molecule has 1 saturated heterocycles. The second kappa shape index (κ2) is 6.61. The SMILES string of the molecule is CC(=O)N1CCN(C(=O)C(C)Oc2ccc(C)cc2)CC1. The Morgan fingerprint density at radius 1 is 1.05 bits per heavy atom. The zero-order valence-corrected chi connectivity index (χ0v) is 12.8. The second-order valence-corrected chi connectivity index (χ2v) is 5.40. The summed E-state index contributed by atoms with van der Waals surface area (Å²) < 4.78 is 5.69. The lowest BCUT2D eigenvalue weighted by Crippen LogP contribution is -2.52. The Labute approximate surface area is 125 Å². The van der Waals surface area contributed by atoms with Crippen molar-refractivity contribution in [2.75, 3.05) is 26.2 Å². The van der Waals surface area contributed by atoms with E-state index in [4.69, 9.17) is 4.74 Å². The molecule has 0 saturated carbocycles. The maximum atomic E-state index is 12.3. The summed E-state index contributed by atoms with van der Waals surface area (Å²) in [6.45, 7) is 7.66. The van der Waals surface area contributed by atoms with Gasteiger partial charge in [0.2, 0.25) is 5.91 Å². The number of hydrogen-bond acceptors (Lipinski definition) is 3. The van der Waals surface area contributed by atoms with Crippen molar-refractivity contribution < 1.29 is 14.3 Å². The van der Waals surface area contributed by atoms with Crippen LogP contribution in [0.2, 0.25) is 0 Å². The Balaban J connectivity index is 1.88. The molecule has 1 heterocycles. The molecule has 0 bridgehead atoms. The van der Waals surface area contributed by atoms with Crippen LogP contribution in [0.3, 0.4) is 0 Å². The maximum absolute atomic E-state index is 12.3. The van der Waals surface area contributed by atoms with Gasteiger partial charge in [-0.3, -0.25) is 9.59 Å². The van der Waals surface area contributed by atoms with Gasteiger partial charge in [0.15, 0.2) is 6.10 Å². The summed E-state index contributed by atoms with van der Waals surface area (Å²) in [5.41, 5.74) is 1.15. The van der Waals surface area contributed by atoms with E-state index in [0.717, 1.165) is 5.56 Å². The maximum Gasteiger partial charge on any atom is 0.263 e. The molecule has 1 aliphatic rings. The van der Waals surface area contributed by atoms with E-state index >= 15 is 0 Å². The molecular formula is C16H22N2O3. The average Bonchev–Trinajstić information content (AvgIpc) is 2.49. The molecule has 1 unspecified atom stereocenters. The number of hydrogen-bond donors (Lipinski definition) is 0. The van der Waals surface area contributed by atoms with Gasteiger partial charge in [-0.25, -0.2) is 0 Å². The molecule has 1 aromatic carbocycles. The van der Waals surface area contributed by atoms with Gasteiger partial charge in [0.1, 0.15) is 5.75 Å². The lowest BCUT2D eigenvalue weighted by molar-refractivity contribution is -0.143. The van der Waals surface area contributed by atoms with E-state index in [1.807, 2.05) is 31.2 Å². The van der Waals surface area contributed by atoms with Crippen LogP contribution in [0.15, 0.2) is 24.3 Å². The molecular weight excluding hydrogens is 268 g/mol. The predicted molar refractivity (Wildman–Crippen MR) is 80.1 cm³/mol. The molecule has 2 rings (SSSR count). The fourth-order valence-corrected chi connectivity index (χ4v) is 2.37. The predicted octanol–water partition coefficient (Wildman–Crippen LogP) is 1.45. The van der Waals surface area contributed by atoms with Gasteiger partial charge in [0, 0.05) is 33.1 Å². The molecule has 5 heteroatoms. The van der Waals surface area contributed by atoms with Crippen molar-refractivity contribution in [2.45, 2.75) is 26.9 Å². The molecule has 0 aliphatic carbocycles. The van der Waals surface area contributed by atoms with Crippen LogP contribution in [0.5, 0.6) is 5.75 Å². The summed E-state index contributed by atoms with van der Waals surface area (Å²) in [6.07, 6.45) is -0.517. The zero-order valence-electron chi connectivity index (χ0n) is 12.8. The fourth-order valence-electron chi connectivity index (χ4n) is 2.37. The summed E-state index contributed by atoms with van der Waals surface area (Å²) in [5.74, 6) is 0.730. The van der Waals surface area contributed by atoms with Crippen LogP contribution in [0.4, 0.5) is 0 Å². The Morgan fingerprint density at radius 2 is 1.57 bits per heavy atom. The standard InChI is InChI=1S/C16H22N2O3/c1-12-4-6-15(7-5-12)21-13(2)16(20)18-10-8-17(9-11-18)14(3)19/h4-7,13H,8-11H2,1-3H3. The van der Waals surface area contributed by atoms with E-state index in [1.54, 1.807) is 23.6 Å². The first kappa shape index (κ1) is 15.4. The number of aryl methyl sites for hydroxylation is 1. The van der Waals surface area contributed by atoms with Crippen molar-refractivity contribution in [3.8, 4) is 5.75 Å². The van der Waals surface area contributed by atoms with Crippen LogP contribution < -0.4 is 4.74 Å². The average molecular weight is 290 g/mol. The Bertz CT molecular complexity index is 505. The molecule has 2 amide bonds. The third-order valence-corrected chi connectivity index (χ3v) is 3.72. The molecule has 1 aromatic rings. The molecule has 1 atom stereocenters. The minimum absolute atomic E-state index is 0.0289. The Hall–Kier alpha value is -2.04. The highest BCUT2D eigenvalue weighted by Crippen LogP contribution is 2.15. The molecule has 0 spiro atoms. The number of carbonyl (C=O) groups is 2. The second-order valence-electron chi connectivity index (χ2n) is 5.40. The first-order valence-corrected chi connectivity index (χ1v) is 7.25. The lowest BCUT2D eigenvalue weighted by atomic mass is 10.2. The number of ether oxygens (including phenoxy) is 1. The zero-order chi connectivity index (χ0) is 15.4. The Morgan fingerprint density at radius 3 is 2.10 bits per heavy atom. The van der Waals surface area contributed by atoms with Gasteiger partial charge in [-0.05, 0) is 26.0 Å². The molecule has 1 aliphatic heterocycles. The number of carbonyl (C=O) groups excluding carboxylic acids is 2. The molecule has 0 N–H and O–H groups in total. The molecule has 0 radical (unpaired) electrons.